The Bertz CT molecular complexity index is 2290. The number of allylic oxidation sites excluding steroid dienone is 2. The van der Waals surface area contributed by atoms with Crippen molar-refractivity contribution >= 4 is 46.1 Å². The van der Waals surface area contributed by atoms with Crippen LogP contribution in [0.25, 0.3) is 40.3 Å². The van der Waals surface area contributed by atoms with Crippen molar-refractivity contribution < 1.29 is 0 Å². The molecule has 4 heteroatoms. The quantitative estimate of drug-likeness (QED) is 0.185. The van der Waals surface area contributed by atoms with Crippen molar-refractivity contribution in [2.45, 2.75) is 119 Å². The second kappa shape index (κ2) is 11.5. The van der Waals surface area contributed by atoms with Crippen LogP contribution in [0.3, 0.4) is 0 Å². The van der Waals surface area contributed by atoms with Gasteiger partial charge in [-0.05, 0) is 125 Å². The highest BCUT2D eigenvalue weighted by Crippen LogP contribution is 2.54. The van der Waals surface area contributed by atoms with Crippen LogP contribution in [0.1, 0.15) is 115 Å². The van der Waals surface area contributed by atoms with Crippen LogP contribution in [0.15, 0.2) is 57.2 Å². The van der Waals surface area contributed by atoms with Gasteiger partial charge in [-0.2, -0.15) is 0 Å². The van der Waals surface area contributed by atoms with Crippen LogP contribution in [0, 0.1) is 0 Å². The molecule has 8 rings (SSSR count). The van der Waals surface area contributed by atoms with E-state index in [0.29, 0.717) is 0 Å². The standard InChI is InChI=1S/C44H50N4/c1-9-27-28(10-2)36-23-38-31(13-5)32(14-6)43-41-33-20-18-17-19-26(33)21-34-42(41)46-40(44(34,15-7)16-8)24-39-30(12-4)29(11-3)37(22-35(27)45-36)47(39)25-48(38)43/h17-24H,9-16,25H2,1-8H3. The summed E-state index contributed by atoms with van der Waals surface area (Å²) in [7, 11) is 0. The molecule has 6 heterocycles. The van der Waals surface area contributed by atoms with Crippen LogP contribution in [-0.4, -0.2) is 20.6 Å². The van der Waals surface area contributed by atoms with Gasteiger partial charge in [-0.15, -0.1) is 0 Å². The summed E-state index contributed by atoms with van der Waals surface area (Å²) in [5.41, 5.74) is 18.6. The fraction of sp³-hybridized carbons (Fsp3) is 0.409. The predicted octanol–water partition coefficient (Wildman–Crippen LogP) is 9.51. The molecule has 0 saturated carbocycles. The Labute approximate surface area is 286 Å². The molecule has 2 aromatic carbocycles. The molecule has 2 aromatic heterocycles. The lowest BCUT2D eigenvalue weighted by Gasteiger charge is -2.29. The average molecular weight is 635 g/mol. The van der Waals surface area contributed by atoms with Crippen molar-refractivity contribution in [2.24, 2.45) is 9.98 Å². The molecule has 4 nitrogen and oxygen atoms in total. The Morgan fingerprint density at radius 3 is 1.98 bits per heavy atom. The molecule has 4 aromatic rings. The molecule has 0 radical (unpaired) electrons. The van der Waals surface area contributed by atoms with Crippen molar-refractivity contribution in [3.63, 3.8) is 0 Å². The van der Waals surface area contributed by atoms with Gasteiger partial charge in [0.1, 0.15) is 6.67 Å². The fourth-order valence-electron chi connectivity index (χ4n) is 9.87. The van der Waals surface area contributed by atoms with Gasteiger partial charge >= 0.3 is 0 Å². The van der Waals surface area contributed by atoms with E-state index in [4.69, 9.17) is 9.98 Å². The Hall–Kier alpha value is -4.18. The summed E-state index contributed by atoms with van der Waals surface area (Å²) in [6, 6.07) is 11.5. The number of aromatic nitrogens is 2. The number of fused-ring (bicyclic) bond motifs is 4. The SMILES string of the molecule is CCC1=C(CC)C2=NC1=Cc1c(CC)c(CC)c3n1Cn1c(c(CC)c(CC)c1=CC1=Nc4c(cc5ccccc5c4-3)C1(CC)CC)=C2. The number of hydrogen-bond acceptors (Lipinski definition) is 2. The third-order valence-corrected chi connectivity index (χ3v) is 12.2. The van der Waals surface area contributed by atoms with Crippen molar-refractivity contribution in [2.75, 3.05) is 0 Å². The molecule has 0 fully saturated rings. The molecule has 0 aliphatic carbocycles. The summed E-state index contributed by atoms with van der Waals surface area (Å²) in [5, 5.41) is 5.26. The zero-order valence-electron chi connectivity index (χ0n) is 30.3. The van der Waals surface area contributed by atoms with Crippen molar-refractivity contribution in [3.05, 3.63) is 91.4 Å². The highest BCUT2D eigenvalue weighted by Gasteiger charge is 2.43. The minimum absolute atomic E-state index is 0.137. The van der Waals surface area contributed by atoms with E-state index in [1.165, 1.54) is 88.8 Å². The normalized spacial score (nSPS) is 16.9. The first-order valence-corrected chi connectivity index (χ1v) is 18.8. The van der Waals surface area contributed by atoms with Crippen LogP contribution in [-0.2, 0) is 37.8 Å². The first-order valence-electron chi connectivity index (χ1n) is 18.8. The van der Waals surface area contributed by atoms with E-state index in [1.54, 1.807) is 0 Å². The predicted molar refractivity (Wildman–Crippen MR) is 205 cm³/mol. The van der Waals surface area contributed by atoms with Gasteiger partial charge in [0.25, 0.3) is 0 Å². The molecule has 0 atom stereocenters. The van der Waals surface area contributed by atoms with Gasteiger partial charge < -0.3 is 9.13 Å². The highest BCUT2D eigenvalue weighted by atomic mass is 15.2. The molecule has 48 heavy (non-hydrogen) atoms. The number of hydrogen-bond donors (Lipinski definition) is 0. The Balaban J connectivity index is 1.69. The van der Waals surface area contributed by atoms with Gasteiger partial charge in [0, 0.05) is 27.4 Å². The zero-order chi connectivity index (χ0) is 33.5. The first-order chi connectivity index (χ1) is 23.4. The maximum absolute atomic E-state index is 5.77. The van der Waals surface area contributed by atoms with Crippen LogP contribution >= 0.6 is 0 Å². The highest BCUT2D eigenvalue weighted by molar-refractivity contribution is 6.24. The third kappa shape index (κ3) is 3.95. The molecule has 0 saturated heterocycles. The lowest BCUT2D eigenvalue weighted by Crippen LogP contribution is -2.36. The van der Waals surface area contributed by atoms with Crippen LogP contribution in [0.4, 0.5) is 5.69 Å². The molecule has 4 aliphatic rings. The van der Waals surface area contributed by atoms with E-state index in [9.17, 15) is 0 Å². The summed E-state index contributed by atoms with van der Waals surface area (Å²) in [6.07, 6.45) is 15.3. The van der Waals surface area contributed by atoms with Crippen LogP contribution in [0.5, 0.6) is 0 Å². The van der Waals surface area contributed by atoms with E-state index in [-0.39, 0.29) is 5.41 Å². The van der Waals surface area contributed by atoms with Crippen molar-refractivity contribution in [3.8, 4) is 11.3 Å². The van der Waals surface area contributed by atoms with E-state index >= 15 is 0 Å². The molecule has 0 unspecified atom stereocenters. The van der Waals surface area contributed by atoms with E-state index in [2.05, 4.69) is 113 Å². The molecule has 6 bridgehead atoms. The average Bonchev–Trinajstić information content (AvgIpc) is 3.79. The van der Waals surface area contributed by atoms with Gasteiger partial charge in [-0.25, -0.2) is 4.99 Å². The topological polar surface area (TPSA) is 34.6 Å². The van der Waals surface area contributed by atoms with Gasteiger partial charge in [-0.1, -0.05) is 79.7 Å². The van der Waals surface area contributed by atoms with Crippen molar-refractivity contribution in [1.82, 2.24) is 9.13 Å². The molecule has 0 spiro atoms. The summed E-state index contributed by atoms with van der Waals surface area (Å²) in [6.45, 7) is 19.5. The van der Waals surface area contributed by atoms with Gasteiger partial charge in [0.15, 0.2) is 0 Å². The molecule has 4 aliphatic heterocycles. The molecule has 0 amide bonds. The third-order valence-electron chi connectivity index (χ3n) is 12.2. The molecular formula is C44H50N4. The molecule has 0 N–H and O–H groups in total. The number of rotatable bonds is 8. The fourth-order valence-corrected chi connectivity index (χ4v) is 9.87. The van der Waals surface area contributed by atoms with Crippen molar-refractivity contribution in [1.29, 1.82) is 0 Å². The lowest BCUT2D eigenvalue weighted by molar-refractivity contribution is 0.548. The van der Waals surface area contributed by atoms with Gasteiger partial charge in [0.05, 0.1) is 28.5 Å². The second-order valence-electron chi connectivity index (χ2n) is 14.0. The van der Waals surface area contributed by atoms with E-state index in [1.807, 2.05) is 0 Å². The Morgan fingerprint density at radius 2 is 1.33 bits per heavy atom. The Kier molecular flexibility index (Phi) is 7.43. The first kappa shape index (κ1) is 31.1. The van der Waals surface area contributed by atoms with Crippen LogP contribution < -0.4 is 10.7 Å². The largest absolute Gasteiger partial charge is 0.322 e. The maximum Gasteiger partial charge on any atom is 0.100 e. The summed E-state index contributed by atoms with van der Waals surface area (Å²) >= 11 is 0. The monoisotopic (exact) mass is 634 g/mol. The number of aliphatic imine (C=N–C) groups is 2. The van der Waals surface area contributed by atoms with Crippen LogP contribution in [0.2, 0.25) is 0 Å². The zero-order valence-corrected chi connectivity index (χ0v) is 30.3. The lowest BCUT2D eigenvalue weighted by atomic mass is 9.72. The number of benzene rings is 2. The second-order valence-corrected chi connectivity index (χ2v) is 14.0. The summed E-state index contributed by atoms with van der Waals surface area (Å²) in [5.74, 6) is 0. The maximum atomic E-state index is 5.77. The minimum Gasteiger partial charge on any atom is -0.322 e. The Morgan fingerprint density at radius 1 is 0.667 bits per heavy atom. The minimum atomic E-state index is -0.137. The summed E-state index contributed by atoms with van der Waals surface area (Å²) in [4.78, 5) is 11.2. The van der Waals surface area contributed by atoms with Gasteiger partial charge in [0.2, 0.25) is 0 Å². The molecular weight excluding hydrogens is 585 g/mol. The number of nitrogens with zero attached hydrogens (tertiary/aromatic N) is 4. The summed E-state index contributed by atoms with van der Waals surface area (Å²) < 4.78 is 5.32. The van der Waals surface area contributed by atoms with Gasteiger partial charge in [-0.3, -0.25) is 4.99 Å². The molecule has 246 valence electrons. The smallest absolute Gasteiger partial charge is 0.100 e. The van der Waals surface area contributed by atoms with E-state index < -0.39 is 0 Å². The van der Waals surface area contributed by atoms with E-state index in [0.717, 1.165) is 69.4 Å².